The fourth-order valence-electron chi connectivity index (χ4n) is 14.2. The molecule has 650 valence electrons. The second kappa shape index (κ2) is 51.8. The van der Waals surface area contributed by atoms with E-state index in [0.29, 0.717) is 68.6 Å². The van der Waals surface area contributed by atoms with Gasteiger partial charge < -0.3 is 70.1 Å². The van der Waals surface area contributed by atoms with E-state index in [1.807, 2.05) is 86.6 Å². The average molecular weight is 1630 g/mol. The zero-order valence-electron chi connectivity index (χ0n) is 74.0. The summed E-state index contributed by atoms with van der Waals surface area (Å²) >= 11 is 1.37. The number of hydrogen-bond acceptors (Lipinski definition) is 18. The lowest BCUT2D eigenvalue weighted by atomic mass is 9.92. The summed E-state index contributed by atoms with van der Waals surface area (Å²) in [5.41, 5.74) is 2.85. The minimum Gasteiger partial charge on any atom is -0.465 e. The first-order chi connectivity index (χ1) is 54.0. The highest BCUT2D eigenvalue weighted by atomic mass is 32.2. The van der Waals surface area contributed by atoms with E-state index in [9.17, 15) is 43.5 Å². The van der Waals surface area contributed by atoms with E-state index in [1.54, 1.807) is 65.9 Å². The standard InChI is InChI=1S/C86H144N12O16S/c1-26-66(79(105)96(22)72(52-115-44-32-31-43-99)82(108)92(18)68(46-55(4)5)78(104)90-73(58(10)11)83(109)93(19)67(45-54(2)3)76(102)88-61(15)75(101)87-16)89-77(103)69(94(20)84(110)74(59(12)13)97(23)81(107)71(48-57(8)9)95(21)80(106)70(47-56(6)7)91(17)53-100)49-60(14)33-29-27-28-30-42-98(50-62-34-38-64(39-35-62)85(111)113-24)51-63-36-40-65(41-37-63)86(112)114-25/h34-41,53-61,66-74,99H,26-33,42-52H2,1-25H3,(H,87,101)(H,88,102)(H,89,103)(H,90,104)/t60-,61+,66+,67+,68+,69?,70+,71+,72-,73+,74+/m1/s1. The van der Waals surface area contributed by atoms with Crippen molar-refractivity contribution in [1.82, 2.24) is 60.5 Å². The van der Waals surface area contributed by atoms with Gasteiger partial charge in [-0.25, -0.2) is 9.59 Å². The molecule has 0 saturated carbocycles. The van der Waals surface area contributed by atoms with Gasteiger partial charge in [0.15, 0.2) is 0 Å². The molecule has 28 nitrogen and oxygen atoms in total. The molecule has 115 heavy (non-hydrogen) atoms. The molecule has 0 aliphatic rings. The Morgan fingerprint density at radius 3 is 1.32 bits per heavy atom. The summed E-state index contributed by atoms with van der Waals surface area (Å²) in [4.78, 5) is 196. The number of benzene rings is 2. The van der Waals surface area contributed by atoms with Crippen LogP contribution in [0.5, 0.6) is 0 Å². The quantitative estimate of drug-likeness (QED) is 0.0236. The Bertz CT molecular complexity index is 3350. The van der Waals surface area contributed by atoms with Crippen molar-refractivity contribution in [3.8, 4) is 0 Å². The van der Waals surface area contributed by atoms with Crippen molar-refractivity contribution in [3.63, 3.8) is 0 Å². The number of hydrogen-bond donors (Lipinski definition) is 5. The van der Waals surface area contributed by atoms with Crippen LogP contribution in [-0.4, -0.2) is 277 Å². The Morgan fingerprint density at radius 2 is 0.870 bits per heavy atom. The van der Waals surface area contributed by atoms with Gasteiger partial charge in [0.2, 0.25) is 65.5 Å². The highest BCUT2D eigenvalue weighted by Gasteiger charge is 2.45. The zero-order chi connectivity index (χ0) is 87.4. The Labute approximate surface area is 691 Å². The molecule has 2 rings (SSSR count). The van der Waals surface area contributed by atoms with Gasteiger partial charge in [0.05, 0.1) is 25.3 Å². The monoisotopic (exact) mass is 1630 g/mol. The van der Waals surface area contributed by atoms with Crippen molar-refractivity contribution in [1.29, 1.82) is 0 Å². The maximum atomic E-state index is 15.6. The van der Waals surface area contributed by atoms with Gasteiger partial charge in [0.25, 0.3) is 0 Å². The van der Waals surface area contributed by atoms with Crippen LogP contribution >= 0.6 is 11.8 Å². The molecule has 0 fully saturated rings. The van der Waals surface area contributed by atoms with Crippen LogP contribution in [0.3, 0.4) is 0 Å². The summed E-state index contributed by atoms with van der Waals surface area (Å²) in [6.45, 7) is 29.4. The first-order valence-corrected chi connectivity index (χ1v) is 42.3. The van der Waals surface area contributed by atoms with Crippen LogP contribution in [0.4, 0.5) is 0 Å². The van der Waals surface area contributed by atoms with Crippen molar-refractivity contribution >= 4 is 89.2 Å². The molecule has 1 unspecified atom stereocenters. The fraction of sp³-hybridized carbons (Fsp3) is 0.709. The molecule has 0 bridgehead atoms. The smallest absolute Gasteiger partial charge is 0.337 e. The molecule has 5 N–H and O–H groups in total. The summed E-state index contributed by atoms with van der Waals surface area (Å²) in [6, 6.07) is 3.50. The Hall–Kier alpha value is -8.18. The van der Waals surface area contributed by atoms with Crippen LogP contribution in [0.2, 0.25) is 0 Å². The highest BCUT2D eigenvalue weighted by molar-refractivity contribution is 7.99. The summed E-state index contributed by atoms with van der Waals surface area (Å²) in [5.74, 6) is -7.44. The topological polar surface area (TPSA) is 335 Å². The molecule has 0 aliphatic carbocycles. The van der Waals surface area contributed by atoms with E-state index < -0.39 is 143 Å². The molecule has 0 heterocycles. The van der Waals surface area contributed by atoms with E-state index in [-0.39, 0.29) is 74.1 Å². The number of rotatable bonds is 53. The zero-order valence-corrected chi connectivity index (χ0v) is 74.8. The van der Waals surface area contributed by atoms with Gasteiger partial charge in [-0.05, 0) is 154 Å². The highest BCUT2D eigenvalue weighted by Crippen LogP contribution is 2.28. The lowest BCUT2D eigenvalue weighted by Crippen LogP contribution is -2.62. The molecule has 2 aromatic rings. The lowest BCUT2D eigenvalue weighted by Gasteiger charge is -2.40. The van der Waals surface area contributed by atoms with Crippen LogP contribution < -0.4 is 21.3 Å². The van der Waals surface area contributed by atoms with E-state index in [1.165, 1.54) is 117 Å². The van der Waals surface area contributed by atoms with Gasteiger partial charge in [-0.2, -0.15) is 11.8 Å². The van der Waals surface area contributed by atoms with Crippen LogP contribution in [0, 0.1) is 41.4 Å². The largest absolute Gasteiger partial charge is 0.465 e. The summed E-state index contributed by atoms with van der Waals surface area (Å²) < 4.78 is 9.85. The molecule has 0 radical (unpaired) electrons. The maximum Gasteiger partial charge on any atom is 0.337 e. The number of likely N-dealkylation sites (N-methyl/N-ethyl adjacent to an activating group) is 8. The van der Waals surface area contributed by atoms with Crippen LogP contribution in [0.15, 0.2) is 48.5 Å². The molecule has 11 atom stereocenters. The minimum atomic E-state index is -1.26. The van der Waals surface area contributed by atoms with E-state index in [2.05, 4.69) is 26.2 Å². The first-order valence-electron chi connectivity index (χ1n) is 41.2. The first kappa shape index (κ1) is 103. The van der Waals surface area contributed by atoms with E-state index >= 15 is 24.0 Å². The number of aliphatic hydroxyl groups excluding tert-OH is 1. The van der Waals surface area contributed by atoms with Gasteiger partial charge in [-0.15, -0.1) is 0 Å². The van der Waals surface area contributed by atoms with Crippen molar-refractivity contribution in [3.05, 3.63) is 70.8 Å². The van der Waals surface area contributed by atoms with Crippen molar-refractivity contribution in [2.45, 2.75) is 261 Å². The third kappa shape index (κ3) is 33.0. The molecule has 0 aromatic heterocycles. The molecule has 2 aromatic carbocycles. The summed E-state index contributed by atoms with van der Waals surface area (Å²) in [5, 5.41) is 20.9. The maximum absolute atomic E-state index is 15.6. The molecule has 0 spiro atoms. The lowest BCUT2D eigenvalue weighted by molar-refractivity contribution is -0.155. The second-order valence-electron chi connectivity index (χ2n) is 33.4. The minimum absolute atomic E-state index is 0.0235. The molecule has 11 amide bonds. The average Bonchev–Trinajstić information content (AvgIpc) is 0.805. The van der Waals surface area contributed by atoms with Gasteiger partial charge in [0, 0.05) is 81.8 Å². The number of unbranched alkanes of at least 4 members (excludes halogenated alkanes) is 4. The number of aliphatic hydroxyl groups is 1. The predicted molar refractivity (Wildman–Crippen MR) is 450 cm³/mol. The molecule has 0 saturated heterocycles. The van der Waals surface area contributed by atoms with Crippen LogP contribution in [0.1, 0.15) is 219 Å². The number of nitrogens with one attached hydrogen (secondary N) is 4. The van der Waals surface area contributed by atoms with Crippen LogP contribution in [0.25, 0.3) is 0 Å². The molecule has 0 aliphatic heterocycles. The summed E-state index contributed by atoms with van der Waals surface area (Å²) in [7, 11) is 14.7. The molecule has 29 heteroatoms. The number of carbonyl (C=O) groups excluding carboxylic acids is 13. The number of ether oxygens (including phenoxy) is 2. The van der Waals surface area contributed by atoms with Crippen molar-refractivity contribution in [2.24, 2.45) is 41.4 Å². The molecular formula is C86H144N12O16S. The third-order valence-corrected chi connectivity index (χ3v) is 22.4. The number of esters is 2. The van der Waals surface area contributed by atoms with Gasteiger partial charge in [-0.1, -0.05) is 147 Å². The van der Waals surface area contributed by atoms with Crippen molar-refractivity contribution < 1.29 is 76.9 Å². The Balaban J connectivity index is 2.76. The number of amides is 11. The van der Waals surface area contributed by atoms with E-state index in [4.69, 9.17) is 9.47 Å². The van der Waals surface area contributed by atoms with E-state index in [0.717, 1.165) is 36.8 Å². The van der Waals surface area contributed by atoms with Crippen molar-refractivity contribution in [2.75, 3.05) is 95.3 Å². The Kier molecular flexibility index (Phi) is 46.3. The summed E-state index contributed by atoms with van der Waals surface area (Å²) in [6.07, 6.45) is 6.66. The number of carbonyl (C=O) groups is 13. The van der Waals surface area contributed by atoms with Gasteiger partial charge in [-0.3, -0.25) is 57.6 Å². The fourth-order valence-corrected chi connectivity index (χ4v) is 15.4. The number of methoxy groups -OCH3 is 2. The third-order valence-electron chi connectivity index (χ3n) is 21.3. The number of thioether (sulfide) groups is 1. The van der Waals surface area contributed by atoms with Crippen LogP contribution in [-0.2, 0) is 75.3 Å². The normalized spacial score (nSPS) is 14.4. The number of nitrogens with zero attached hydrogens (tertiary/aromatic N) is 8. The SMILES string of the molecule is CC[C@H](NC(=O)C(C[C@H](C)CCCCCCN(Cc1ccc(C(=O)OC)cc1)Cc1ccc(C(=O)OC)cc1)N(C)C(=O)[C@H](C(C)C)N(C)C(=O)[C@H](CC(C)C)N(C)C(=O)[C@H](CC(C)C)N(C)C=O)C(=O)N(C)[C@H](CSCCCCO)C(=O)N(C)[C@@H](CC(C)C)C(=O)N[C@H](C(=O)N(C)[C@@H](CC(C)C)C(=O)N[C@@H](C)C(=O)NC)C(C)C. The molecular weight excluding hydrogens is 1490 g/mol. The van der Waals surface area contributed by atoms with Gasteiger partial charge >= 0.3 is 11.9 Å². The Morgan fingerprint density at radius 1 is 0.452 bits per heavy atom. The predicted octanol–water partition coefficient (Wildman–Crippen LogP) is 8.29. The van der Waals surface area contributed by atoms with Gasteiger partial charge in [0.1, 0.15) is 60.4 Å². The second-order valence-corrected chi connectivity index (χ2v) is 34.6.